The van der Waals surface area contributed by atoms with Crippen LogP contribution in [0.3, 0.4) is 0 Å². The second kappa shape index (κ2) is 11.9. The fourth-order valence-corrected chi connectivity index (χ4v) is 3.47. The first-order valence-corrected chi connectivity index (χ1v) is 10.1. The Morgan fingerprint density at radius 1 is 1.17 bits per heavy atom. The third kappa shape index (κ3) is 7.27. The van der Waals surface area contributed by atoms with Gasteiger partial charge in [0.2, 0.25) is 5.91 Å². The van der Waals surface area contributed by atoms with E-state index in [1.165, 1.54) is 22.1 Å². The number of aryl methyl sites for hydroxylation is 1. The Morgan fingerprint density at radius 2 is 1.93 bits per heavy atom. The summed E-state index contributed by atoms with van der Waals surface area (Å²) in [5, 5.41) is 6.78. The van der Waals surface area contributed by atoms with Gasteiger partial charge in [-0.15, -0.1) is 24.0 Å². The zero-order chi connectivity index (χ0) is 20.6. The summed E-state index contributed by atoms with van der Waals surface area (Å²) in [6.45, 7) is 0.695. The fraction of sp³-hybridized carbons (Fsp3) is 0.391. The number of aliphatic imine (C=N–C) groups is 1. The molecule has 30 heavy (non-hydrogen) atoms. The molecule has 1 amide bonds. The van der Waals surface area contributed by atoms with Crippen LogP contribution in [-0.2, 0) is 24.1 Å². The van der Waals surface area contributed by atoms with E-state index in [0.717, 1.165) is 24.8 Å². The predicted octanol–water partition coefficient (Wildman–Crippen LogP) is 3.17. The molecule has 0 bridgehead atoms. The fourth-order valence-electron chi connectivity index (χ4n) is 3.47. The second-order valence-corrected chi connectivity index (χ2v) is 7.61. The highest BCUT2D eigenvalue weighted by Crippen LogP contribution is 2.20. The number of likely N-dealkylation sites (N-methyl/N-ethyl adjacent to an activating group) is 1. The van der Waals surface area contributed by atoms with Crippen LogP contribution in [-0.4, -0.2) is 50.0 Å². The Hall–Kier alpha value is -2.16. The number of guanidine groups is 1. The Kier molecular flexibility index (Phi) is 9.55. The quantitative estimate of drug-likeness (QED) is 0.347. The first-order valence-electron chi connectivity index (χ1n) is 10.1. The Labute approximate surface area is 195 Å². The molecule has 0 saturated carbocycles. The van der Waals surface area contributed by atoms with Crippen molar-refractivity contribution >= 4 is 35.8 Å². The van der Waals surface area contributed by atoms with E-state index in [-0.39, 0.29) is 48.3 Å². The highest BCUT2D eigenvalue weighted by atomic mass is 127. The summed E-state index contributed by atoms with van der Waals surface area (Å²) in [6, 6.07) is 15.4. The van der Waals surface area contributed by atoms with Crippen molar-refractivity contribution in [2.75, 3.05) is 27.2 Å². The van der Waals surface area contributed by atoms with Gasteiger partial charge in [0.25, 0.3) is 0 Å². The topological polar surface area (TPSA) is 56.7 Å². The molecule has 162 valence electrons. The number of hydrogen-bond acceptors (Lipinski definition) is 2. The van der Waals surface area contributed by atoms with Crippen molar-refractivity contribution in [2.45, 2.75) is 31.7 Å². The average Bonchev–Trinajstić information content (AvgIpc) is 2.71. The zero-order valence-electron chi connectivity index (χ0n) is 17.5. The highest BCUT2D eigenvalue weighted by Gasteiger charge is 2.19. The molecule has 0 radical (unpaired) electrons. The summed E-state index contributed by atoms with van der Waals surface area (Å²) in [5.74, 6) is 0.346. The maximum atomic E-state index is 13.4. The van der Waals surface area contributed by atoms with Gasteiger partial charge in [-0.05, 0) is 54.5 Å². The molecule has 1 aliphatic carbocycles. The molecule has 3 rings (SSSR count). The Bertz CT molecular complexity index is 872. The van der Waals surface area contributed by atoms with Gasteiger partial charge in [0.1, 0.15) is 12.4 Å². The lowest BCUT2D eigenvalue weighted by atomic mass is 9.88. The SMILES string of the molecule is CN(C)C(=O)CN=C(NCCc1cccc(F)c1)NC1CCc2ccccc2C1.I. The summed E-state index contributed by atoms with van der Waals surface area (Å²) in [7, 11) is 3.45. The van der Waals surface area contributed by atoms with E-state index in [1.807, 2.05) is 6.07 Å². The number of benzene rings is 2. The van der Waals surface area contributed by atoms with Crippen molar-refractivity contribution in [3.8, 4) is 0 Å². The van der Waals surface area contributed by atoms with E-state index < -0.39 is 0 Å². The van der Waals surface area contributed by atoms with Crippen molar-refractivity contribution in [3.63, 3.8) is 0 Å². The van der Waals surface area contributed by atoms with Gasteiger partial charge >= 0.3 is 0 Å². The van der Waals surface area contributed by atoms with Gasteiger partial charge < -0.3 is 15.5 Å². The Balaban J connectivity index is 0.00000320. The van der Waals surface area contributed by atoms with Crippen molar-refractivity contribution in [1.29, 1.82) is 0 Å². The first kappa shape index (κ1) is 24.1. The van der Waals surface area contributed by atoms with Crippen molar-refractivity contribution in [2.24, 2.45) is 4.99 Å². The van der Waals surface area contributed by atoms with E-state index in [9.17, 15) is 9.18 Å². The van der Waals surface area contributed by atoms with Crippen LogP contribution in [0.5, 0.6) is 0 Å². The highest BCUT2D eigenvalue weighted by molar-refractivity contribution is 14.0. The summed E-state index contributed by atoms with van der Waals surface area (Å²) >= 11 is 0. The molecule has 1 unspecified atom stereocenters. The molecule has 2 aromatic carbocycles. The molecule has 2 N–H and O–H groups in total. The molecule has 0 aliphatic heterocycles. The minimum Gasteiger partial charge on any atom is -0.356 e. The van der Waals surface area contributed by atoms with Crippen LogP contribution in [0, 0.1) is 5.82 Å². The normalized spacial score (nSPS) is 15.6. The van der Waals surface area contributed by atoms with E-state index >= 15 is 0 Å². The molecule has 0 saturated heterocycles. The molecular weight excluding hydrogens is 494 g/mol. The van der Waals surface area contributed by atoms with Crippen LogP contribution in [0.15, 0.2) is 53.5 Å². The smallest absolute Gasteiger partial charge is 0.243 e. The van der Waals surface area contributed by atoms with E-state index in [0.29, 0.717) is 18.9 Å². The zero-order valence-corrected chi connectivity index (χ0v) is 19.9. The molecule has 0 spiro atoms. The molecule has 7 heteroatoms. The lowest BCUT2D eigenvalue weighted by molar-refractivity contribution is -0.127. The number of amides is 1. The number of carbonyl (C=O) groups excluding carboxylic acids is 1. The van der Waals surface area contributed by atoms with Crippen molar-refractivity contribution in [3.05, 3.63) is 71.0 Å². The predicted molar refractivity (Wildman–Crippen MR) is 130 cm³/mol. The van der Waals surface area contributed by atoms with E-state index in [2.05, 4.69) is 39.9 Å². The van der Waals surface area contributed by atoms with Crippen LogP contribution in [0.4, 0.5) is 4.39 Å². The van der Waals surface area contributed by atoms with Crippen LogP contribution >= 0.6 is 24.0 Å². The van der Waals surface area contributed by atoms with Crippen molar-refractivity contribution < 1.29 is 9.18 Å². The molecule has 1 aliphatic rings. The lowest BCUT2D eigenvalue weighted by Gasteiger charge is -2.27. The maximum Gasteiger partial charge on any atom is 0.243 e. The van der Waals surface area contributed by atoms with Gasteiger partial charge in [0, 0.05) is 26.7 Å². The Morgan fingerprint density at radius 3 is 2.67 bits per heavy atom. The third-order valence-electron chi connectivity index (χ3n) is 5.15. The lowest BCUT2D eigenvalue weighted by Crippen LogP contribution is -2.46. The molecule has 0 aromatic heterocycles. The van der Waals surface area contributed by atoms with Gasteiger partial charge in [0.05, 0.1) is 0 Å². The maximum absolute atomic E-state index is 13.4. The molecule has 0 fully saturated rings. The van der Waals surface area contributed by atoms with Gasteiger partial charge in [0.15, 0.2) is 5.96 Å². The summed E-state index contributed by atoms with van der Waals surface area (Å²) in [5.41, 5.74) is 3.69. The van der Waals surface area contributed by atoms with Crippen molar-refractivity contribution in [1.82, 2.24) is 15.5 Å². The summed E-state index contributed by atoms with van der Waals surface area (Å²) in [6.07, 6.45) is 3.65. The number of hydrogen-bond donors (Lipinski definition) is 2. The number of fused-ring (bicyclic) bond motifs is 1. The van der Waals surface area contributed by atoms with Gasteiger partial charge in [-0.25, -0.2) is 9.38 Å². The number of carbonyl (C=O) groups is 1. The summed E-state index contributed by atoms with van der Waals surface area (Å²) in [4.78, 5) is 18.0. The average molecular weight is 524 g/mol. The molecule has 5 nitrogen and oxygen atoms in total. The standard InChI is InChI=1S/C23H29FN4O.HI/c1-28(2)22(29)16-26-23(25-13-12-17-6-5-9-20(24)14-17)27-21-11-10-18-7-3-4-8-19(18)15-21;/h3-9,14,21H,10-13,15-16H2,1-2H3,(H2,25,26,27);1H. The second-order valence-electron chi connectivity index (χ2n) is 7.61. The van der Waals surface area contributed by atoms with Crippen LogP contribution in [0.2, 0.25) is 0 Å². The number of rotatable bonds is 6. The molecule has 2 aromatic rings. The van der Waals surface area contributed by atoms with Gasteiger partial charge in [-0.3, -0.25) is 4.79 Å². The minimum absolute atomic E-state index is 0. The summed E-state index contributed by atoms with van der Waals surface area (Å²) < 4.78 is 13.4. The molecular formula is C23H30FIN4O. The van der Waals surface area contributed by atoms with Gasteiger partial charge in [-0.2, -0.15) is 0 Å². The molecule has 1 atom stereocenters. The van der Waals surface area contributed by atoms with Gasteiger partial charge in [-0.1, -0.05) is 36.4 Å². The van der Waals surface area contributed by atoms with E-state index in [1.54, 1.807) is 26.2 Å². The third-order valence-corrected chi connectivity index (χ3v) is 5.15. The monoisotopic (exact) mass is 524 g/mol. The number of nitrogens with one attached hydrogen (secondary N) is 2. The minimum atomic E-state index is -0.230. The largest absolute Gasteiger partial charge is 0.356 e. The first-order chi connectivity index (χ1) is 14.0. The van der Waals surface area contributed by atoms with Crippen LogP contribution in [0.25, 0.3) is 0 Å². The van der Waals surface area contributed by atoms with Crippen LogP contribution < -0.4 is 10.6 Å². The number of halogens is 2. The van der Waals surface area contributed by atoms with E-state index in [4.69, 9.17) is 0 Å². The van der Waals surface area contributed by atoms with Crippen LogP contribution in [0.1, 0.15) is 23.1 Å². The number of nitrogens with zero attached hydrogens (tertiary/aromatic N) is 2. The molecule has 0 heterocycles.